The van der Waals surface area contributed by atoms with E-state index in [1.165, 1.54) is 0 Å². The van der Waals surface area contributed by atoms with E-state index in [0.29, 0.717) is 23.4 Å². The summed E-state index contributed by atoms with van der Waals surface area (Å²) in [5, 5.41) is 10.5. The number of nitrogens with zero attached hydrogens (tertiary/aromatic N) is 5. The van der Waals surface area contributed by atoms with Gasteiger partial charge in [0.2, 0.25) is 5.91 Å². The van der Waals surface area contributed by atoms with Crippen LogP contribution in [0.3, 0.4) is 0 Å². The number of piperidine rings is 1. The van der Waals surface area contributed by atoms with E-state index in [1.54, 1.807) is 0 Å². The maximum atomic E-state index is 12.5. The first-order chi connectivity index (χ1) is 15.7. The molecule has 0 atom stereocenters. The predicted octanol–water partition coefficient (Wildman–Crippen LogP) is 3.92. The zero-order chi connectivity index (χ0) is 21.7. The summed E-state index contributed by atoms with van der Waals surface area (Å²) in [6.45, 7) is 3.14. The number of aromatic nitrogens is 3. The molecule has 2 aromatic heterocycles. The van der Waals surface area contributed by atoms with Crippen molar-refractivity contribution in [2.24, 2.45) is 5.92 Å². The highest BCUT2D eigenvalue weighted by Gasteiger charge is 2.36. The van der Waals surface area contributed by atoms with E-state index in [9.17, 15) is 10.1 Å². The Labute approximate surface area is 187 Å². The first-order valence-corrected chi connectivity index (χ1v) is 11.8. The van der Waals surface area contributed by atoms with Crippen molar-refractivity contribution in [3.8, 4) is 6.07 Å². The number of imidazole rings is 1. The molecule has 0 unspecified atom stereocenters. The molecule has 0 spiro atoms. The van der Waals surface area contributed by atoms with E-state index in [1.807, 2.05) is 24.4 Å². The van der Waals surface area contributed by atoms with E-state index in [-0.39, 0.29) is 5.92 Å². The van der Waals surface area contributed by atoms with Crippen LogP contribution in [0, 0.1) is 17.2 Å². The van der Waals surface area contributed by atoms with Gasteiger partial charge in [0, 0.05) is 49.6 Å². The summed E-state index contributed by atoms with van der Waals surface area (Å²) in [5.41, 5.74) is 3.51. The zero-order valence-corrected chi connectivity index (χ0v) is 18.2. The number of hydrogen-bond donors (Lipinski definition) is 0. The fourth-order valence-electron chi connectivity index (χ4n) is 5.41. The highest BCUT2D eigenvalue weighted by Crippen LogP contribution is 2.39. The van der Waals surface area contributed by atoms with Crippen LogP contribution >= 0.6 is 0 Å². The maximum Gasteiger partial charge on any atom is 0.225 e. The summed E-state index contributed by atoms with van der Waals surface area (Å²) in [6, 6.07) is 8.29. The molecule has 0 radical (unpaired) electrons. The molecule has 2 saturated heterocycles. The Morgan fingerprint density at radius 1 is 1.06 bits per heavy atom. The number of amides is 1. The molecule has 32 heavy (non-hydrogen) atoms. The molecule has 7 nitrogen and oxygen atoms in total. The van der Waals surface area contributed by atoms with Crippen LogP contribution in [0.2, 0.25) is 0 Å². The van der Waals surface area contributed by atoms with Crippen LogP contribution in [-0.2, 0) is 9.53 Å². The Balaban J connectivity index is 1.43. The van der Waals surface area contributed by atoms with Gasteiger partial charge in [-0.3, -0.25) is 9.78 Å². The highest BCUT2D eigenvalue weighted by molar-refractivity contribution is 6.03. The van der Waals surface area contributed by atoms with Crippen molar-refractivity contribution in [3.63, 3.8) is 0 Å². The van der Waals surface area contributed by atoms with Crippen molar-refractivity contribution in [1.29, 1.82) is 5.26 Å². The Morgan fingerprint density at radius 3 is 2.56 bits per heavy atom. The number of benzene rings is 1. The second kappa shape index (κ2) is 7.86. The number of ether oxygens (including phenoxy) is 1. The minimum Gasteiger partial charge on any atom is -0.381 e. The third-order valence-corrected chi connectivity index (χ3v) is 7.33. The lowest BCUT2D eigenvalue weighted by molar-refractivity contribution is -0.133. The summed E-state index contributed by atoms with van der Waals surface area (Å²) >= 11 is 0. The number of nitriles is 1. The molecule has 1 amide bonds. The lowest BCUT2D eigenvalue weighted by Crippen LogP contribution is -2.39. The van der Waals surface area contributed by atoms with E-state index in [0.717, 1.165) is 92.6 Å². The third kappa shape index (κ3) is 3.34. The molecule has 164 valence electrons. The van der Waals surface area contributed by atoms with Crippen molar-refractivity contribution in [1.82, 2.24) is 19.4 Å². The van der Waals surface area contributed by atoms with Crippen LogP contribution < -0.4 is 0 Å². The van der Waals surface area contributed by atoms with E-state index >= 15 is 0 Å². The van der Waals surface area contributed by atoms with Crippen LogP contribution in [0.4, 0.5) is 0 Å². The van der Waals surface area contributed by atoms with Gasteiger partial charge in [-0.25, -0.2) is 4.98 Å². The normalized spacial score (nSPS) is 20.7. The van der Waals surface area contributed by atoms with Gasteiger partial charge >= 0.3 is 0 Å². The molecule has 0 N–H and O–H groups in total. The number of carbonyl (C=O) groups is 1. The molecule has 7 heteroatoms. The second-order valence-electron chi connectivity index (χ2n) is 9.39. The van der Waals surface area contributed by atoms with Gasteiger partial charge in [0.15, 0.2) is 0 Å². The Hall–Kier alpha value is -2.98. The van der Waals surface area contributed by atoms with Crippen molar-refractivity contribution < 1.29 is 9.53 Å². The number of fused-ring (bicyclic) bond motifs is 3. The average molecular weight is 430 g/mol. The van der Waals surface area contributed by atoms with Gasteiger partial charge in [-0.2, -0.15) is 5.26 Å². The minimum absolute atomic E-state index is 0.283. The number of rotatable bonds is 3. The van der Waals surface area contributed by atoms with Gasteiger partial charge in [-0.15, -0.1) is 0 Å². The number of likely N-dealkylation sites (tertiary alicyclic amines) is 1. The van der Waals surface area contributed by atoms with Crippen LogP contribution in [0.5, 0.6) is 0 Å². The smallest absolute Gasteiger partial charge is 0.225 e. The number of hydrogen-bond acceptors (Lipinski definition) is 5. The van der Waals surface area contributed by atoms with Crippen molar-refractivity contribution in [2.45, 2.75) is 50.5 Å². The van der Waals surface area contributed by atoms with Crippen molar-refractivity contribution in [2.75, 3.05) is 26.3 Å². The minimum atomic E-state index is 0.283. The van der Waals surface area contributed by atoms with Gasteiger partial charge in [0.1, 0.15) is 11.3 Å². The van der Waals surface area contributed by atoms with Gasteiger partial charge in [0.25, 0.3) is 0 Å². The largest absolute Gasteiger partial charge is 0.381 e. The molecule has 1 aliphatic carbocycles. The lowest BCUT2D eigenvalue weighted by atomic mass is 9.94. The van der Waals surface area contributed by atoms with Crippen molar-refractivity contribution in [3.05, 3.63) is 35.8 Å². The van der Waals surface area contributed by atoms with E-state index < -0.39 is 0 Å². The summed E-state index contributed by atoms with van der Waals surface area (Å²) < 4.78 is 8.09. The highest BCUT2D eigenvalue weighted by atomic mass is 16.5. The molecular formula is C25H27N5O2. The van der Waals surface area contributed by atoms with E-state index in [4.69, 9.17) is 9.72 Å². The van der Waals surface area contributed by atoms with E-state index in [2.05, 4.69) is 20.5 Å². The molecule has 1 saturated carbocycles. The fraction of sp³-hybridized carbons (Fsp3) is 0.520. The Morgan fingerprint density at radius 2 is 1.84 bits per heavy atom. The SMILES string of the molecule is N#Cc1ccc2ncc3nc(C4CCN(C(=O)C5CC5)CC4)n(C4CCOCC4)c3c2c1. The third-order valence-electron chi connectivity index (χ3n) is 7.33. The molecule has 1 aromatic carbocycles. The molecular weight excluding hydrogens is 402 g/mol. The van der Waals surface area contributed by atoms with Crippen molar-refractivity contribution >= 4 is 27.8 Å². The summed E-state index contributed by atoms with van der Waals surface area (Å²) in [4.78, 5) is 24.3. The van der Waals surface area contributed by atoms with Crippen LogP contribution in [0.15, 0.2) is 24.4 Å². The van der Waals surface area contributed by atoms with Gasteiger partial charge in [-0.05, 0) is 56.7 Å². The lowest BCUT2D eigenvalue weighted by Gasteiger charge is -2.34. The molecule has 4 heterocycles. The standard InChI is InChI=1S/C25H27N5O2/c26-14-16-1-4-21-20(13-16)23-22(15-27-21)28-24(30(23)19-7-11-32-12-8-19)17-5-9-29(10-6-17)25(31)18-2-3-18/h1,4,13,15,17-19H,2-3,5-12H2. The topological polar surface area (TPSA) is 84.0 Å². The average Bonchev–Trinajstić information content (AvgIpc) is 3.63. The summed E-state index contributed by atoms with van der Waals surface area (Å²) in [6.07, 6.45) is 7.79. The second-order valence-corrected chi connectivity index (χ2v) is 9.39. The summed E-state index contributed by atoms with van der Waals surface area (Å²) in [7, 11) is 0. The Bertz CT molecular complexity index is 1220. The molecule has 2 aliphatic heterocycles. The number of carbonyl (C=O) groups excluding carboxylic acids is 1. The quantitative estimate of drug-likeness (QED) is 0.630. The predicted molar refractivity (Wildman–Crippen MR) is 120 cm³/mol. The van der Waals surface area contributed by atoms with Crippen LogP contribution in [-0.4, -0.2) is 51.6 Å². The Kier molecular flexibility index (Phi) is 4.83. The molecule has 3 aliphatic rings. The molecule has 6 rings (SSSR count). The monoisotopic (exact) mass is 429 g/mol. The molecule has 3 fully saturated rings. The maximum absolute atomic E-state index is 12.5. The van der Waals surface area contributed by atoms with Gasteiger partial charge < -0.3 is 14.2 Å². The van der Waals surface area contributed by atoms with Gasteiger partial charge in [0.05, 0.1) is 28.9 Å². The fourth-order valence-corrected chi connectivity index (χ4v) is 5.41. The van der Waals surface area contributed by atoms with Gasteiger partial charge in [-0.1, -0.05) is 0 Å². The van der Waals surface area contributed by atoms with Crippen LogP contribution in [0.1, 0.15) is 61.9 Å². The first kappa shape index (κ1) is 19.7. The molecule has 3 aromatic rings. The first-order valence-electron chi connectivity index (χ1n) is 11.8. The zero-order valence-electron chi connectivity index (χ0n) is 18.2. The van der Waals surface area contributed by atoms with Crippen LogP contribution in [0.25, 0.3) is 21.9 Å². The molecule has 0 bridgehead atoms. The summed E-state index contributed by atoms with van der Waals surface area (Å²) in [5.74, 6) is 2.07. The number of pyridine rings is 1.